The van der Waals surface area contributed by atoms with Gasteiger partial charge in [0, 0.05) is 10.9 Å². The van der Waals surface area contributed by atoms with Crippen molar-refractivity contribution < 1.29 is 9.28 Å². The van der Waals surface area contributed by atoms with Crippen LogP contribution in [-0.4, -0.2) is 16.3 Å². The number of hydrogen-bond donors (Lipinski definition) is 0. The maximum absolute atomic E-state index is 12.7. The molecule has 1 heterocycles. The molecule has 0 unspecified atom stereocenters. The molecule has 0 spiro atoms. The molecule has 0 amide bonds. The van der Waals surface area contributed by atoms with Gasteiger partial charge >= 0.3 is 0 Å². The van der Waals surface area contributed by atoms with Gasteiger partial charge in [-0.05, 0) is 18.2 Å². The molecule has 12 heavy (non-hydrogen) atoms. The van der Waals surface area contributed by atoms with Crippen molar-refractivity contribution in [2.45, 2.75) is 0 Å². The van der Waals surface area contributed by atoms with Gasteiger partial charge in [-0.2, -0.15) is 0 Å². The van der Waals surface area contributed by atoms with E-state index < -0.39 is 0 Å². The number of aldehydes is 1. The average Bonchev–Trinajstić information content (AvgIpc) is 2.47. The van der Waals surface area contributed by atoms with Crippen LogP contribution in [0.2, 0.25) is 0 Å². The molecule has 0 bridgehead atoms. The SMILES string of the molecule is O=Cc1ccc2c(cnn2F)c1. The van der Waals surface area contributed by atoms with Gasteiger partial charge in [0.1, 0.15) is 11.8 Å². The average molecular weight is 164 g/mol. The summed E-state index contributed by atoms with van der Waals surface area (Å²) in [5.74, 6) is 0. The maximum atomic E-state index is 12.7. The highest BCUT2D eigenvalue weighted by atomic mass is 19.2. The van der Waals surface area contributed by atoms with Crippen molar-refractivity contribution in [2.75, 3.05) is 0 Å². The molecule has 0 fully saturated rings. The van der Waals surface area contributed by atoms with Crippen molar-refractivity contribution >= 4 is 17.2 Å². The summed E-state index contributed by atoms with van der Waals surface area (Å²) in [7, 11) is 0. The lowest BCUT2D eigenvalue weighted by Crippen LogP contribution is -1.83. The number of halogens is 1. The summed E-state index contributed by atoms with van der Waals surface area (Å²) in [5, 5.41) is 4.03. The topological polar surface area (TPSA) is 34.9 Å². The summed E-state index contributed by atoms with van der Waals surface area (Å²) in [6.45, 7) is 0. The van der Waals surface area contributed by atoms with Crippen LogP contribution >= 0.6 is 0 Å². The lowest BCUT2D eigenvalue weighted by atomic mass is 10.2. The molecular formula is C8H5FN2O. The monoisotopic (exact) mass is 164 g/mol. The Morgan fingerprint density at radius 2 is 2.33 bits per heavy atom. The Morgan fingerprint density at radius 1 is 1.50 bits per heavy atom. The van der Waals surface area contributed by atoms with Gasteiger partial charge in [0.05, 0.1) is 6.20 Å². The van der Waals surface area contributed by atoms with Crippen LogP contribution in [0.25, 0.3) is 10.9 Å². The minimum absolute atomic E-state index is 0.282. The van der Waals surface area contributed by atoms with E-state index >= 15 is 0 Å². The molecule has 1 aromatic carbocycles. The Morgan fingerprint density at radius 3 is 3.08 bits per heavy atom. The standard InChI is InChI=1S/C8H5FN2O/c9-11-8-2-1-6(5-12)3-7(8)4-10-11/h1-5H. The second-order valence-electron chi connectivity index (χ2n) is 2.44. The number of fused-ring (bicyclic) bond motifs is 1. The highest BCUT2D eigenvalue weighted by molar-refractivity contribution is 5.86. The maximum Gasteiger partial charge on any atom is 0.150 e. The van der Waals surface area contributed by atoms with Crippen LogP contribution in [0, 0.1) is 0 Å². The van der Waals surface area contributed by atoms with E-state index in [1.807, 2.05) is 0 Å². The zero-order valence-electron chi connectivity index (χ0n) is 6.07. The first-order valence-corrected chi connectivity index (χ1v) is 3.40. The first-order chi connectivity index (χ1) is 5.81. The van der Waals surface area contributed by atoms with Crippen molar-refractivity contribution in [3.8, 4) is 0 Å². The van der Waals surface area contributed by atoms with Gasteiger partial charge in [-0.15, -0.1) is 5.10 Å². The number of aromatic nitrogens is 2. The van der Waals surface area contributed by atoms with E-state index in [9.17, 15) is 9.28 Å². The number of carbonyl (C=O) groups is 1. The van der Waals surface area contributed by atoms with Gasteiger partial charge in [-0.3, -0.25) is 4.79 Å². The summed E-state index contributed by atoms with van der Waals surface area (Å²) in [5.41, 5.74) is 0.899. The molecule has 0 radical (unpaired) electrons. The third-order valence-electron chi connectivity index (χ3n) is 1.68. The van der Waals surface area contributed by atoms with Gasteiger partial charge < -0.3 is 0 Å². The zero-order chi connectivity index (χ0) is 8.55. The van der Waals surface area contributed by atoms with Gasteiger partial charge in [-0.25, -0.2) is 0 Å². The Bertz CT molecular complexity index is 436. The summed E-state index contributed by atoms with van der Waals surface area (Å²) < 4.78 is 12.7. The Balaban J connectivity index is 2.77. The fourth-order valence-corrected chi connectivity index (χ4v) is 1.09. The fourth-order valence-electron chi connectivity index (χ4n) is 1.09. The van der Waals surface area contributed by atoms with Crippen molar-refractivity contribution in [3.63, 3.8) is 0 Å². The van der Waals surface area contributed by atoms with Crippen molar-refractivity contribution in [1.82, 2.24) is 10.0 Å². The molecule has 2 aromatic rings. The predicted octanol–water partition coefficient (Wildman–Crippen LogP) is 1.58. The Labute approximate surface area is 67.3 Å². The predicted molar refractivity (Wildman–Crippen MR) is 41.6 cm³/mol. The van der Waals surface area contributed by atoms with E-state index in [2.05, 4.69) is 5.10 Å². The zero-order valence-corrected chi connectivity index (χ0v) is 6.07. The molecule has 0 aliphatic rings. The van der Waals surface area contributed by atoms with Crippen LogP contribution in [0.4, 0.5) is 4.48 Å². The fraction of sp³-hybridized carbons (Fsp3) is 0. The van der Waals surface area contributed by atoms with Crippen LogP contribution < -0.4 is 0 Å². The summed E-state index contributed by atoms with van der Waals surface area (Å²) >= 11 is 0. The number of nitrogens with zero attached hydrogens (tertiary/aromatic N) is 2. The number of rotatable bonds is 1. The molecule has 0 atom stereocenters. The van der Waals surface area contributed by atoms with Gasteiger partial charge in [0.15, 0.2) is 0 Å². The van der Waals surface area contributed by atoms with Crippen LogP contribution in [0.5, 0.6) is 0 Å². The van der Waals surface area contributed by atoms with E-state index in [-0.39, 0.29) is 4.90 Å². The quantitative estimate of drug-likeness (QED) is 0.600. The third-order valence-corrected chi connectivity index (χ3v) is 1.68. The smallest absolute Gasteiger partial charge is 0.150 e. The molecule has 3 nitrogen and oxygen atoms in total. The van der Waals surface area contributed by atoms with E-state index in [4.69, 9.17) is 0 Å². The molecule has 60 valence electrons. The highest BCUT2D eigenvalue weighted by Gasteiger charge is 2.01. The van der Waals surface area contributed by atoms with E-state index in [0.717, 1.165) is 6.29 Å². The second kappa shape index (κ2) is 2.41. The van der Waals surface area contributed by atoms with Gasteiger partial charge in [-0.1, -0.05) is 9.39 Å². The lowest BCUT2D eigenvalue weighted by molar-refractivity contribution is 0.112. The van der Waals surface area contributed by atoms with Crippen molar-refractivity contribution in [1.29, 1.82) is 0 Å². The molecule has 0 saturated heterocycles. The second-order valence-corrected chi connectivity index (χ2v) is 2.44. The van der Waals surface area contributed by atoms with Crippen LogP contribution in [0.3, 0.4) is 0 Å². The molecule has 1 aromatic heterocycles. The minimum Gasteiger partial charge on any atom is -0.298 e. The molecule has 0 saturated carbocycles. The van der Waals surface area contributed by atoms with Gasteiger partial charge in [0.25, 0.3) is 0 Å². The number of benzene rings is 1. The Hall–Kier alpha value is -1.71. The normalized spacial score (nSPS) is 10.4. The molecular weight excluding hydrogens is 159 g/mol. The molecule has 2 rings (SSSR count). The minimum atomic E-state index is 0.282. The van der Waals surface area contributed by atoms with Crippen LogP contribution in [0.1, 0.15) is 10.4 Å². The van der Waals surface area contributed by atoms with Gasteiger partial charge in [0.2, 0.25) is 0 Å². The number of carbonyl (C=O) groups excluding carboxylic acids is 1. The first-order valence-electron chi connectivity index (χ1n) is 3.40. The molecule has 4 heteroatoms. The van der Waals surface area contributed by atoms with Crippen molar-refractivity contribution in [2.24, 2.45) is 0 Å². The summed E-state index contributed by atoms with van der Waals surface area (Å²) in [6.07, 6.45) is 2.09. The first kappa shape index (κ1) is 6.97. The summed E-state index contributed by atoms with van der Waals surface area (Å²) in [4.78, 5) is 10.6. The highest BCUT2D eigenvalue weighted by Crippen LogP contribution is 2.14. The Kier molecular flexibility index (Phi) is 1.40. The van der Waals surface area contributed by atoms with Crippen molar-refractivity contribution in [3.05, 3.63) is 30.0 Å². The van der Waals surface area contributed by atoms with Crippen LogP contribution in [-0.2, 0) is 0 Å². The van der Waals surface area contributed by atoms with Crippen LogP contribution in [0.15, 0.2) is 24.4 Å². The third kappa shape index (κ3) is 0.887. The molecule has 0 aliphatic heterocycles. The number of hydrogen-bond acceptors (Lipinski definition) is 2. The molecule has 0 N–H and O–H groups in total. The van der Waals surface area contributed by atoms with E-state index in [1.54, 1.807) is 12.1 Å². The lowest BCUT2D eigenvalue weighted by Gasteiger charge is -1.90. The van der Waals surface area contributed by atoms with E-state index in [1.165, 1.54) is 12.3 Å². The van der Waals surface area contributed by atoms with E-state index in [0.29, 0.717) is 16.5 Å². The largest absolute Gasteiger partial charge is 0.298 e. The summed E-state index contributed by atoms with van der Waals surface area (Å²) in [6, 6.07) is 4.66. The molecule has 0 aliphatic carbocycles.